The van der Waals surface area contributed by atoms with Crippen LogP contribution < -0.4 is 0 Å². The second kappa shape index (κ2) is 3.52. The maximum atomic E-state index is 10.5. The van der Waals surface area contributed by atoms with Crippen molar-refractivity contribution in [3.8, 4) is 0 Å². The number of hydrogen-bond acceptors (Lipinski definition) is 1. The molecule has 0 saturated heterocycles. The Labute approximate surface area is 78.6 Å². The maximum Gasteiger partial charge on any atom is 0.328 e. The maximum absolute atomic E-state index is 10.5. The molecule has 0 bridgehead atoms. The van der Waals surface area contributed by atoms with E-state index in [-0.39, 0.29) is 0 Å². The largest absolute Gasteiger partial charge is 0.478 e. The lowest BCUT2D eigenvalue weighted by Crippen LogP contribution is -2.11. The monoisotopic (exact) mass is 180 g/mol. The summed E-state index contributed by atoms with van der Waals surface area (Å²) in [5, 5.41) is 8.63. The standard InChI is InChI=1S/C11H16O2/c12-11(13)7-8-2-1-3-10(6-8)9-4-5-9/h7,9-10H,1-6H2,(H,12,13)/b8-7-. The predicted molar refractivity (Wildman–Crippen MR) is 50.4 cm³/mol. The molecule has 0 spiro atoms. The third-order valence-electron chi connectivity index (χ3n) is 3.21. The molecule has 2 aliphatic rings. The van der Waals surface area contributed by atoms with E-state index in [4.69, 9.17) is 5.11 Å². The van der Waals surface area contributed by atoms with Gasteiger partial charge in [-0.1, -0.05) is 5.57 Å². The third-order valence-corrected chi connectivity index (χ3v) is 3.21. The summed E-state index contributed by atoms with van der Waals surface area (Å²) in [5.74, 6) is 0.961. The fraction of sp³-hybridized carbons (Fsp3) is 0.727. The summed E-state index contributed by atoms with van der Waals surface area (Å²) in [7, 11) is 0. The molecule has 13 heavy (non-hydrogen) atoms. The van der Waals surface area contributed by atoms with E-state index >= 15 is 0 Å². The van der Waals surface area contributed by atoms with Gasteiger partial charge in [-0.3, -0.25) is 0 Å². The highest BCUT2D eigenvalue weighted by molar-refractivity contribution is 5.80. The molecule has 0 amide bonds. The van der Waals surface area contributed by atoms with Gasteiger partial charge in [0.25, 0.3) is 0 Å². The van der Waals surface area contributed by atoms with Crippen LogP contribution in [0.2, 0.25) is 0 Å². The number of rotatable bonds is 2. The zero-order valence-corrected chi connectivity index (χ0v) is 7.83. The van der Waals surface area contributed by atoms with Crippen LogP contribution in [0.15, 0.2) is 11.6 Å². The normalized spacial score (nSPS) is 32.0. The first kappa shape index (κ1) is 8.79. The molecule has 0 radical (unpaired) electrons. The van der Waals surface area contributed by atoms with Gasteiger partial charge in [-0.15, -0.1) is 0 Å². The number of hydrogen-bond donors (Lipinski definition) is 1. The smallest absolute Gasteiger partial charge is 0.328 e. The van der Waals surface area contributed by atoms with E-state index in [0.29, 0.717) is 0 Å². The molecular formula is C11H16O2. The van der Waals surface area contributed by atoms with Gasteiger partial charge in [-0.2, -0.15) is 0 Å². The fourth-order valence-corrected chi connectivity index (χ4v) is 2.41. The van der Waals surface area contributed by atoms with Gasteiger partial charge in [-0.05, 0) is 50.4 Å². The Morgan fingerprint density at radius 1 is 1.31 bits per heavy atom. The highest BCUT2D eigenvalue weighted by Gasteiger charge is 2.32. The second-order valence-electron chi connectivity index (χ2n) is 4.33. The molecule has 72 valence electrons. The fourth-order valence-electron chi connectivity index (χ4n) is 2.41. The first-order chi connectivity index (χ1) is 6.25. The van der Waals surface area contributed by atoms with E-state index in [9.17, 15) is 4.79 Å². The van der Waals surface area contributed by atoms with Crippen molar-refractivity contribution in [3.63, 3.8) is 0 Å². The van der Waals surface area contributed by atoms with Gasteiger partial charge < -0.3 is 5.11 Å². The summed E-state index contributed by atoms with van der Waals surface area (Å²) in [5.41, 5.74) is 1.16. The minimum atomic E-state index is -0.772. The number of aliphatic carboxylic acids is 1. The average Bonchev–Trinajstić information content (AvgIpc) is 2.85. The molecule has 1 unspecified atom stereocenters. The number of carboxylic acid groups (broad SMARTS) is 1. The lowest BCUT2D eigenvalue weighted by molar-refractivity contribution is -0.131. The average molecular weight is 180 g/mol. The Hall–Kier alpha value is -0.790. The lowest BCUT2D eigenvalue weighted by Gasteiger charge is -2.23. The minimum Gasteiger partial charge on any atom is -0.478 e. The number of carboxylic acids is 1. The highest BCUT2D eigenvalue weighted by atomic mass is 16.4. The van der Waals surface area contributed by atoms with Gasteiger partial charge in [0.05, 0.1) is 0 Å². The molecule has 2 nitrogen and oxygen atoms in total. The van der Waals surface area contributed by atoms with Gasteiger partial charge in [0.2, 0.25) is 0 Å². The van der Waals surface area contributed by atoms with Crippen LogP contribution in [-0.2, 0) is 4.79 Å². The predicted octanol–water partition coefficient (Wildman–Crippen LogP) is 2.60. The lowest BCUT2D eigenvalue weighted by atomic mass is 9.82. The molecule has 0 aliphatic heterocycles. The second-order valence-corrected chi connectivity index (χ2v) is 4.33. The van der Waals surface area contributed by atoms with Crippen LogP contribution in [0.25, 0.3) is 0 Å². The SMILES string of the molecule is O=C(O)/C=C1/CCCC(C2CC2)C1. The Morgan fingerprint density at radius 3 is 2.69 bits per heavy atom. The van der Waals surface area contributed by atoms with Crippen molar-refractivity contribution in [2.24, 2.45) is 11.8 Å². The Balaban J connectivity index is 1.94. The summed E-state index contributed by atoms with van der Waals surface area (Å²) >= 11 is 0. The molecule has 2 rings (SSSR count). The number of carbonyl (C=O) groups is 1. The molecule has 2 aliphatic carbocycles. The summed E-state index contributed by atoms with van der Waals surface area (Å²) in [6.07, 6.45) is 8.76. The first-order valence-electron chi connectivity index (χ1n) is 5.18. The minimum absolute atomic E-state index is 0.772. The van der Waals surface area contributed by atoms with E-state index in [2.05, 4.69) is 0 Å². The van der Waals surface area contributed by atoms with Crippen molar-refractivity contribution >= 4 is 5.97 Å². The Morgan fingerprint density at radius 2 is 2.08 bits per heavy atom. The van der Waals surface area contributed by atoms with Crippen LogP contribution in [0.1, 0.15) is 38.5 Å². The van der Waals surface area contributed by atoms with Crippen molar-refractivity contribution in [3.05, 3.63) is 11.6 Å². The molecule has 2 heteroatoms. The molecule has 0 aromatic rings. The van der Waals surface area contributed by atoms with Crippen molar-refractivity contribution in [1.29, 1.82) is 0 Å². The van der Waals surface area contributed by atoms with Gasteiger partial charge in [0.1, 0.15) is 0 Å². The van der Waals surface area contributed by atoms with Crippen LogP contribution in [0.4, 0.5) is 0 Å². The van der Waals surface area contributed by atoms with Crippen LogP contribution >= 0.6 is 0 Å². The third kappa shape index (κ3) is 2.33. The zero-order chi connectivity index (χ0) is 9.26. The van der Waals surface area contributed by atoms with E-state index in [1.165, 1.54) is 31.8 Å². The molecule has 2 saturated carbocycles. The highest BCUT2D eigenvalue weighted by Crippen LogP contribution is 2.45. The molecular weight excluding hydrogens is 164 g/mol. The van der Waals surface area contributed by atoms with E-state index in [1.54, 1.807) is 0 Å². The van der Waals surface area contributed by atoms with E-state index in [0.717, 1.165) is 30.3 Å². The van der Waals surface area contributed by atoms with Gasteiger partial charge >= 0.3 is 5.97 Å². The Kier molecular flexibility index (Phi) is 2.38. The van der Waals surface area contributed by atoms with E-state index in [1.807, 2.05) is 0 Å². The number of allylic oxidation sites excluding steroid dienone is 1. The molecule has 0 aromatic heterocycles. The summed E-state index contributed by atoms with van der Waals surface area (Å²) in [6.45, 7) is 0. The molecule has 0 heterocycles. The summed E-state index contributed by atoms with van der Waals surface area (Å²) in [6, 6.07) is 0. The van der Waals surface area contributed by atoms with Gasteiger partial charge in [-0.25, -0.2) is 4.79 Å². The zero-order valence-electron chi connectivity index (χ0n) is 7.83. The van der Waals surface area contributed by atoms with Crippen molar-refractivity contribution in [1.82, 2.24) is 0 Å². The van der Waals surface area contributed by atoms with Gasteiger partial charge in [0.15, 0.2) is 0 Å². The van der Waals surface area contributed by atoms with Crippen LogP contribution in [0, 0.1) is 11.8 Å². The van der Waals surface area contributed by atoms with E-state index < -0.39 is 5.97 Å². The first-order valence-corrected chi connectivity index (χ1v) is 5.18. The molecule has 2 fully saturated rings. The van der Waals surface area contributed by atoms with Crippen molar-refractivity contribution in [2.75, 3.05) is 0 Å². The summed E-state index contributed by atoms with van der Waals surface area (Å²) < 4.78 is 0. The molecule has 1 atom stereocenters. The van der Waals surface area contributed by atoms with Crippen LogP contribution in [0.3, 0.4) is 0 Å². The van der Waals surface area contributed by atoms with Crippen molar-refractivity contribution in [2.45, 2.75) is 38.5 Å². The molecule has 1 N–H and O–H groups in total. The van der Waals surface area contributed by atoms with Crippen molar-refractivity contribution < 1.29 is 9.90 Å². The Bertz CT molecular complexity index is 238. The summed E-state index contributed by atoms with van der Waals surface area (Å²) in [4.78, 5) is 10.5. The quantitative estimate of drug-likeness (QED) is 0.663. The van der Waals surface area contributed by atoms with Gasteiger partial charge in [0, 0.05) is 6.08 Å². The van der Waals surface area contributed by atoms with Crippen LogP contribution in [0.5, 0.6) is 0 Å². The topological polar surface area (TPSA) is 37.3 Å². The molecule has 0 aromatic carbocycles. The van der Waals surface area contributed by atoms with Crippen LogP contribution in [-0.4, -0.2) is 11.1 Å².